The molecule has 2 fully saturated rings. The Morgan fingerprint density at radius 3 is 1.28 bits per heavy atom. The highest BCUT2D eigenvalue weighted by atomic mass is 16.7. The van der Waals surface area contributed by atoms with Crippen molar-refractivity contribution in [3.63, 3.8) is 0 Å². The van der Waals surface area contributed by atoms with Gasteiger partial charge < -0.3 is 79.6 Å². The monoisotopic (exact) mass is 1310 g/mol. The second-order valence-electron chi connectivity index (χ2n) is 24.4. The van der Waals surface area contributed by atoms with Gasteiger partial charge in [-0.3, -0.25) is 19.2 Å². The Bertz CT molecular complexity index is 2830. The first-order chi connectivity index (χ1) is 45.3. The molecule has 2 saturated carbocycles. The summed E-state index contributed by atoms with van der Waals surface area (Å²) < 4.78 is 47.1. The minimum absolute atomic E-state index is 0.0304. The number of nitrogens with one attached hydrogen (secondary N) is 6. The number of hydrogen-bond donors (Lipinski definition) is 7. The Balaban J connectivity index is 0.000000345. The van der Waals surface area contributed by atoms with E-state index in [4.69, 9.17) is 47.7 Å². The van der Waals surface area contributed by atoms with Gasteiger partial charge in [0.2, 0.25) is 11.8 Å². The van der Waals surface area contributed by atoms with Gasteiger partial charge in [-0.25, -0.2) is 24.0 Å². The summed E-state index contributed by atoms with van der Waals surface area (Å²) in [7, 11) is 0. The predicted octanol–water partition coefficient (Wildman–Crippen LogP) is 7.85. The number of aliphatic hydroxyl groups excluding tert-OH is 1. The van der Waals surface area contributed by atoms with Crippen LogP contribution in [0.2, 0.25) is 0 Å². The van der Waals surface area contributed by atoms with Crippen molar-refractivity contribution in [3.8, 4) is 23.7 Å². The van der Waals surface area contributed by atoms with Gasteiger partial charge in [0.1, 0.15) is 26.6 Å². The molecule has 2 aromatic rings. The zero-order chi connectivity index (χ0) is 68.2. The number of Topliss-reactive ketones (excluding diaryl/α,β-unsaturated/α-hetero) is 2. The van der Waals surface area contributed by atoms with Gasteiger partial charge in [-0.2, -0.15) is 0 Å². The van der Waals surface area contributed by atoms with Crippen molar-refractivity contribution in [1.29, 1.82) is 0 Å². The lowest BCUT2D eigenvalue weighted by Crippen LogP contribution is -2.45. The molecule has 2 aromatic carbocycles. The van der Waals surface area contributed by atoms with Crippen LogP contribution in [0, 0.1) is 82.9 Å². The van der Waals surface area contributed by atoms with Crippen LogP contribution in [-0.4, -0.2) is 157 Å². The largest absolute Gasteiger partial charge is 0.464 e. The maximum absolute atomic E-state index is 13.1. The molecule has 0 bridgehead atoms. The Hall–Kier alpha value is -7.81. The van der Waals surface area contributed by atoms with Crippen molar-refractivity contribution in [2.24, 2.45) is 59.2 Å². The number of fused-ring (bicyclic) bond motifs is 2. The van der Waals surface area contributed by atoms with E-state index in [1.54, 1.807) is 97.0 Å². The summed E-state index contributed by atoms with van der Waals surface area (Å²) >= 11 is 0. The number of aliphatic hydroxyl groups is 1. The summed E-state index contributed by atoms with van der Waals surface area (Å²) in [6.07, 6.45) is 5.38. The molecule has 25 nitrogen and oxygen atoms in total. The number of carbonyl (C=O) groups is 9. The number of esters is 1. The molecular weight excluding hydrogens is 1220 g/mol. The van der Waals surface area contributed by atoms with Crippen LogP contribution in [0.1, 0.15) is 124 Å². The van der Waals surface area contributed by atoms with Crippen LogP contribution in [0.4, 0.5) is 30.6 Å². The molecule has 0 saturated heterocycles. The first-order valence-electron chi connectivity index (χ1n) is 32.8. The van der Waals surface area contributed by atoms with E-state index in [2.05, 4.69) is 55.6 Å². The number of alkyl carbamates (subject to hydrolysis) is 4. The Morgan fingerprint density at radius 2 is 0.894 bits per heavy atom. The van der Waals surface area contributed by atoms with Gasteiger partial charge in [-0.05, 0) is 115 Å². The first-order valence-corrected chi connectivity index (χ1v) is 32.8. The molecule has 7 N–H and O–H groups in total. The highest BCUT2D eigenvalue weighted by Gasteiger charge is 2.50. The average molecular weight is 1320 g/mol. The molecular formula is C69H98N6O19. The molecule has 10 atom stereocenters. The minimum atomic E-state index is -0.841. The fraction of sp³-hybridized carbons (Fsp3) is 0.638. The highest BCUT2D eigenvalue weighted by molar-refractivity contribution is 5.98. The van der Waals surface area contributed by atoms with Crippen molar-refractivity contribution in [2.75, 3.05) is 96.6 Å². The van der Waals surface area contributed by atoms with E-state index in [9.17, 15) is 43.2 Å². The first kappa shape index (κ1) is 76.9. The number of hydrogen-bond acceptors (Lipinski definition) is 19. The number of benzene rings is 2. The summed E-state index contributed by atoms with van der Waals surface area (Å²) in [5.74, 6) is 12.6. The molecule has 0 aromatic heterocycles. The van der Waals surface area contributed by atoms with Gasteiger partial charge in [0, 0.05) is 74.8 Å². The maximum Gasteiger partial charge on any atom is 0.407 e. The molecule has 0 aliphatic heterocycles. The summed E-state index contributed by atoms with van der Waals surface area (Å²) in [5, 5.41) is 25.2. The molecule has 4 aliphatic rings. The lowest BCUT2D eigenvalue weighted by Gasteiger charge is -2.22. The summed E-state index contributed by atoms with van der Waals surface area (Å²) in [6, 6.07) is 12.1. The number of rotatable bonds is 38. The van der Waals surface area contributed by atoms with Crippen molar-refractivity contribution in [1.82, 2.24) is 21.3 Å². The van der Waals surface area contributed by atoms with E-state index in [0.717, 1.165) is 62.5 Å². The summed E-state index contributed by atoms with van der Waals surface area (Å²) in [5.41, 5.74) is 2.67. The topological polar surface area (TPSA) is 329 Å². The third-order valence-electron chi connectivity index (χ3n) is 16.5. The minimum Gasteiger partial charge on any atom is -0.464 e. The van der Waals surface area contributed by atoms with Gasteiger partial charge in [0.25, 0.3) is 0 Å². The van der Waals surface area contributed by atoms with Crippen LogP contribution in [0.15, 0.2) is 48.5 Å². The average Bonchev–Trinajstić information content (AvgIpc) is 1.64. The predicted molar refractivity (Wildman–Crippen MR) is 346 cm³/mol. The Morgan fingerprint density at radius 1 is 0.489 bits per heavy atom. The van der Waals surface area contributed by atoms with Crippen molar-refractivity contribution >= 4 is 65.1 Å². The second-order valence-corrected chi connectivity index (χ2v) is 24.4. The molecule has 2 unspecified atom stereocenters. The summed E-state index contributed by atoms with van der Waals surface area (Å²) in [4.78, 5) is 111. The van der Waals surface area contributed by atoms with Gasteiger partial charge in [0.05, 0.1) is 71.5 Å². The van der Waals surface area contributed by atoms with Crippen molar-refractivity contribution < 1.29 is 90.9 Å². The van der Waals surface area contributed by atoms with Crippen LogP contribution in [-0.2, 0) is 79.8 Å². The Kier molecular flexibility index (Phi) is 34.8. The number of ether oxygens (including phenoxy) is 9. The molecule has 25 heteroatoms. The quantitative estimate of drug-likeness (QED) is 0.0111. The van der Waals surface area contributed by atoms with Gasteiger partial charge in [-0.1, -0.05) is 65.8 Å². The summed E-state index contributed by atoms with van der Waals surface area (Å²) in [6.45, 7) is 14.3. The fourth-order valence-electron chi connectivity index (χ4n) is 11.1. The fourth-order valence-corrected chi connectivity index (χ4v) is 11.1. The van der Waals surface area contributed by atoms with E-state index < -0.39 is 54.3 Å². The van der Waals surface area contributed by atoms with E-state index in [1.165, 1.54) is 0 Å². The molecule has 6 rings (SSSR count). The van der Waals surface area contributed by atoms with E-state index in [-0.39, 0.29) is 134 Å². The highest BCUT2D eigenvalue weighted by Crippen LogP contribution is 2.53. The molecule has 0 spiro atoms. The number of carbonyl (C=O) groups excluding carboxylic acids is 9. The maximum atomic E-state index is 13.1. The molecule has 518 valence electrons. The Labute approximate surface area is 552 Å². The number of ketones is 2. The van der Waals surface area contributed by atoms with Gasteiger partial charge in [-0.15, -0.1) is 23.7 Å². The SMILES string of the molecule is CC(C)[C@H](NC(=O)OCCOCCNC(=O)OCC1[C@H]2CCC#CCC[C@@H]12)C(=O)C[C@@H](C)C(=O)Nc1ccc(CO)cc1.CCOC(=O)COCOCc1ccc(NC(=O)[C@H](C)CC(=O)[C@@H](NC(=O)OCCOCCNC(=O)OCC2[C@H]3CCC#CCC[C@@H]23)C(C)C)cc1. The third kappa shape index (κ3) is 29.2. The lowest BCUT2D eigenvalue weighted by atomic mass is 9.93. The number of anilines is 2. The van der Waals surface area contributed by atoms with E-state index in [1.807, 2.05) is 0 Å². The normalized spacial score (nSPS) is 19.4. The second kappa shape index (κ2) is 42.5. The molecule has 6 amide bonds. The molecule has 0 heterocycles. The standard InChI is InChI=1S/C37H53N3O11.C32H45N3O8/c1-5-49-33(42)23-48-24-47-21-27-12-14-28(15-13-27)39-35(43)26(4)20-32(41)34(25(2)3)40-37(45)50-19-18-46-17-16-38-36(44)51-22-31-29-10-8-6-7-9-11-30(29)31;1-21(2)29(28(37)18-22(3)30(38)34-24-12-10-23(19-36)11-13-24)35-32(40)42-17-16-41-15-14-33-31(39)43-20-27-25-8-6-4-5-7-9-26(25)27/h12-15,25-26,29-31,34H,5,8-11,16-24H2,1-4H3,(H,38,44)(H,39,43)(H,40,45);10-13,21-22,25-27,29,36H,6-9,14-20H2,1-3H3,(H,33,39)(H,34,38)(H,35,40)/t26-,29-,30+,31?,34+;22-,25-,26+,27?,29+/m11/s1. The number of amides is 6. The van der Waals surface area contributed by atoms with Crippen LogP contribution < -0.4 is 31.9 Å². The van der Waals surface area contributed by atoms with Gasteiger partial charge in [0.15, 0.2) is 11.6 Å². The van der Waals surface area contributed by atoms with Crippen LogP contribution in [0.3, 0.4) is 0 Å². The lowest BCUT2D eigenvalue weighted by molar-refractivity contribution is -0.154. The van der Waals surface area contributed by atoms with Crippen molar-refractivity contribution in [3.05, 3.63) is 59.7 Å². The zero-order valence-corrected chi connectivity index (χ0v) is 55.5. The van der Waals surface area contributed by atoms with E-state index >= 15 is 0 Å². The molecule has 4 aliphatic carbocycles. The smallest absolute Gasteiger partial charge is 0.407 e. The zero-order valence-electron chi connectivity index (χ0n) is 55.5. The van der Waals surface area contributed by atoms with Crippen LogP contribution in [0.25, 0.3) is 0 Å². The third-order valence-corrected chi connectivity index (χ3v) is 16.5. The molecule has 94 heavy (non-hydrogen) atoms. The van der Waals surface area contributed by atoms with Gasteiger partial charge >= 0.3 is 30.3 Å². The van der Waals surface area contributed by atoms with E-state index in [0.29, 0.717) is 60.1 Å². The van der Waals surface area contributed by atoms with Crippen LogP contribution in [0.5, 0.6) is 0 Å². The van der Waals surface area contributed by atoms with Crippen molar-refractivity contribution in [2.45, 2.75) is 138 Å². The molecule has 0 radical (unpaired) electrons. The van der Waals surface area contributed by atoms with Crippen LogP contribution >= 0.6 is 0 Å².